The van der Waals surface area contributed by atoms with Crippen LogP contribution < -0.4 is 31.2 Å². The molecular weight excluding hydrogens is 444 g/mol. The molecule has 3 rings (SSSR count). The number of amides is 4. The van der Waals surface area contributed by atoms with Gasteiger partial charge >= 0.3 is 6.03 Å². The fraction of sp³-hybridized carbons (Fsp3) is 0.174. The predicted octanol–water partition coefficient (Wildman–Crippen LogP) is 3.51. The highest BCUT2D eigenvalue weighted by atomic mass is 32.1. The molecule has 1 heterocycles. The van der Waals surface area contributed by atoms with Crippen LogP contribution in [0.4, 0.5) is 16.2 Å². The standard InChI is InChI=1S/C23H24N4O5S/c1-31-18-8-2-3-9-19(18)32-14-22(29)26-16-7-4-6-15(12-16)25-21(28)13-17(27-23(24)30)20-10-5-11-33-20/h2-12,17H,13-14H2,1H3,(H,25,28)(H,26,29)(H3,24,27,30). The number of carbonyl (C=O) groups is 3. The zero-order chi connectivity index (χ0) is 23.6. The van der Waals surface area contributed by atoms with E-state index in [1.807, 2.05) is 17.5 Å². The third-order valence-electron chi connectivity index (χ3n) is 4.45. The number of benzene rings is 2. The molecule has 33 heavy (non-hydrogen) atoms. The highest BCUT2D eigenvalue weighted by molar-refractivity contribution is 7.10. The third kappa shape index (κ3) is 7.25. The van der Waals surface area contributed by atoms with Gasteiger partial charge < -0.3 is 31.2 Å². The van der Waals surface area contributed by atoms with Crippen LogP contribution in [0.25, 0.3) is 0 Å². The van der Waals surface area contributed by atoms with Crippen LogP contribution in [0, 0.1) is 0 Å². The molecule has 0 saturated carbocycles. The molecule has 3 aromatic rings. The van der Waals surface area contributed by atoms with E-state index < -0.39 is 12.1 Å². The van der Waals surface area contributed by atoms with Crippen LogP contribution in [-0.4, -0.2) is 31.6 Å². The zero-order valence-corrected chi connectivity index (χ0v) is 18.7. The molecule has 0 aliphatic rings. The lowest BCUT2D eigenvalue weighted by molar-refractivity contribution is -0.118. The molecule has 0 fully saturated rings. The molecule has 0 spiro atoms. The number of ether oxygens (including phenoxy) is 2. The first-order valence-electron chi connectivity index (χ1n) is 9.99. The average molecular weight is 469 g/mol. The summed E-state index contributed by atoms with van der Waals surface area (Å²) < 4.78 is 10.7. The monoisotopic (exact) mass is 468 g/mol. The lowest BCUT2D eigenvalue weighted by Crippen LogP contribution is -2.34. The summed E-state index contributed by atoms with van der Waals surface area (Å²) in [5, 5.41) is 9.93. The fourth-order valence-corrected chi connectivity index (χ4v) is 3.81. The molecular formula is C23H24N4O5S. The van der Waals surface area contributed by atoms with Gasteiger partial charge in [-0.1, -0.05) is 24.3 Å². The van der Waals surface area contributed by atoms with E-state index in [9.17, 15) is 14.4 Å². The Morgan fingerprint density at radius 1 is 0.939 bits per heavy atom. The van der Waals surface area contributed by atoms with Gasteiger partial charge in [0.05, 0.1) is 19.6 Å². The van der Waals surface area contributed by atoms with Crippen molar-refractivity contribution in [2.75, 3.05) is 24.4 Å². The van der Waals surface area contributed by atoms with Crippen molar-refractivity contribution in [3.8, 4) is 11.5 Å². The van der Waals surface area contributed by atoms with Crippen LogP contribution in [0.2, 0.25) is 0 Å². The van der Waals surface area contributed by atoms with Crippen molar-refractivity contribution in [3.63, 3.8) is 0 Å². The number of thiophene rings is 1. The minimum atomic E-state index is -0.707. The van der Waals surface area contributed by atoms with E-state index in [1.54, 1.807) is 48.5 Å². The van der Waals surface area contributed by atoms with Gasteiger partial charge in [0.25, 0.3) is 5.91 Å². The van der Waals surface area contributed by atoms with Gasteiger partial charge in [0.15, 0.2) is 18.1 Å². The molecule has 2 aromatic carbocycles. The second kappa shape index (κ2) is 11.5. The summed E-state index contributed by atoms with van der Waals surface area (Å²) in [7, 11) is 1.52. The Bertz CT molecular complexity index is 1100. The summed E-state index contributed by atoms with van der Waals surface area (Å²) in [5.74, 6) is 0.306. The highest BCUT2D eigenvalue weighted by Crippen LogP contribution is 2.26. The minimum Gasteiger partial charge on any atom is -0.493 e. The van der Waals surface area contributed by atoms with Gasteiger partial charge in [-0.3, -0.25) is 9.59 Å². The molecule has 1 aromatic heterocycles. The SMILES string of the molecule is COc1ccccc1OCC(=O)Nc1cccc(NC(=O)CC(NC(N)=O)c2cccs2)c1. The van der Waals surface area contributed by atoms with E-state index in [-0.39, 0.29) is 24.8 Å². The molecule has 0 saturated heterocycles. The Morgan fingerprint density at radius 3 is 2.27 bits per heavy atom. The lowest BCUT2D eigenvalue weighted by atomic mass is 10.1. The molecule has 0 aliphatic heterocycles. The number of rotatable bonds is 10. The maximum atomic E-state index is 12.5. The Balaban J connectivity index is 1.55. The zero-order valence-electron chi connectivity index (χ0n) is 17.9. The lowest BCUT2D eigenvalue weighted by Gasteiger charge is -2.16. The number of nitrogens with two attached hydrogens (primary N) is 1. The van der Waals surface area contributed by atoms with Crippen LogP contribution in [-0.2, 0) is 9.59 Å². The van der Waals surface area contributed by atoms with E-state index in [0.717, 1.165) is 4.88 Å². The molecule has 1 atom stereocenters. The number of urea groups is 1. The van der Waals surface area contributed by atoms with E-state index in [2.05, 4.69) is 16.0 Å². The summed E-state index contributed by atoms with van der Waals surface area (Å²) in [6.45, 7) is -0.210. The molecule has 5 N–H and O–H groups in total. The number of methoxy groups -OCH3 is 1. The maximum Gasteiger partial charge on any atom is 0.312 e. The highest BCUT2D eigenvalue weighted by Gasteiger charge is 2.18. The van der Waals surface area contributed by atoms with Gasteiger partial charge in [0, 0.05) is 16.3 Å². The molecule has 4 amide bonds. The maximum absolute atomic E-state index is 12.5. The van der Waals surface area contributed by atoms with Crippen molar-refractivity contribution in [3.05, 3.63) is 70.9 Å². The first kappa shape index (κ1) is 23.6. The second-order valence-corrected chi connectivity index (χ2v) is 7.88. The Hall–Kier alpha value is -4.05. The number of primary amides is 1. The molecule has 9 nitrogen and oxygen atoms in total. The van der Waals surface area contributed by atoms with Crippen LogP contribution >= 0.6 is 11.3 Å². The average Bonchev–Trinajstić information content (AvgIpc) is 3.32. The number of hydrogen-bond acceptors (Lipinski definition) is 6. The van der Waals surface area contributed by atoms with Crippen LogP contribution in [0.1, 0.15) is 17.3 Å². The molecule has 10 heteroatoms. The quantitative estimate of drug-likeness (QED) is 0.362. The second-order valence-electron chi connectivity index (χ2n) is 6.90. The Kier molecular flexibility index (Phi) is 8.25. The fourth-order valence-electron chi connectivity index (χ4n) is 3.03. The minimum absolute atomic E-state index is 0.00673. The predicted molar refractivity (Wildman–Crippen MR) is 127 cm³/mol. The van der Waals surface area contributed by atoms with Crippen LogP contribution in [0.3, 0.4) is 0 Å². The van der Waals surface area contributed by atoms with E-state index >= 15 is 0 Å². The smallest absolute Gasteiger partial charge is 0.312 e. The van der Waals surface area contributed by atoms with Crippen molar-refractivity contribution < 1.29 is 23.9 Å². The Labute approximate surface area is 194 Å². The van der Waals surface area contributed by atoms with Gasteiger partial charge in [0.1, 0.15) is 0 Å². The number of anilines is 2. The molecule has 172 valence electrons. The van der Waals surface area contributed by atoms with Crippen molar-refractivity contribution >= 4 is 40.6 Å². The molecule has 0 radical (unpaired) electrons. The number of para-hydroxylation sites is 2. The summed E-state index contributed by atoms with van der Waals surface area (Å²) in [4.78, 5) is 36.9. The molecule has 0 aliphatic carbocycles. The third-order valence-corrected chi connectivity index (χ3v) is 5.44. The van der Waals surface area contributed by atoms with Gasteiger partial charge in [-0.25, -0.2) is 4.79 Å². The summed E-state index contributed by atoms with van der Waals surface area (Å²) in [5.41, 5.74) is 6.22. The number of hydrogen-bond donors (Lipinski definition) is 4. The van der Waals surface area contributed by atoms with E-state index in [4.69, 9.17) is 15.2 Å². The van der Waals surface area contributed by atoms with Gasteiger partial charge in [0.2, 0.25) is 5.91 Å². The van der Waals surface area contributed by atoms with Crippen molar-refractivity contribution in [2.24, 2.45) is 5.73 Å². The van der Waals surface area contributed by atoms with Gasteiger partial charge in [-0.2, -0.15) is 0 Å². The Morgan fingerprint density at radius 2 is 1.64 bits per heavy atom. The van der Waals surface area contributed by atoms with Gasteiger partial charge in [-0.05, 0) is 41.8 Å². The van der Waals surface area contributed by atoms with Crippen molar-refractivity contribution in [1.82, 2.24) is 5.32 Å². The first-order valence-corrected chi connectivity index (χ1v) is 10.9. The van der Waals surface area contributed by atoms with E-state index in [1.165, 1.54) is 18.4 Å². The van der Waals surface area contributed by atoms with Crippen molar-refractivity contribution in [1.29, 1.82) is 0 Å². The topological polar surface area (TPSA) is 132 Å². The first-order chi connectivity index (χ1) is 15.9. The normalized spacial score (nSPS) is 11.2. The number of carbonyl (C=O) groups excluding carboxylic acids is 3. The molecule has 0 bridgehead atoms. The summed E-state index contributed by atoms with van der Waals surface area (Å²) in [6, 6.07) is 16.2. The van der Waals surface area contributed by atoms with Crippen LogP contribution in [0.5, 0.6) is 11.5 Å². The van der Waals surface area contributed by atoms with Crippen molar-refractivity contribution in [2.45, 2.75) is 12.5 Å². The van der Waals surface area contributed by atoms with Crippen LogP contribution in [0.15, 0.2) is 66.0 Å². The number of nitrogens with one attached hydrogen (secondary N) is 3. The van der Waals surface area contributed by atoms with Gasteiger partial charge in [-0.15, -0.1) is 11.3 Å². The van der Waals surface area contributed by atoms with E-state index in [0.29, 0.717) is 22.9 Å². The summed E-state index contributed by atoms with van der Waals surface area (Å²) >= 11 is 1.42. The molecule has 1 unspecified atom stereocenters. The largest absolute Gasteiger partial charge is 0.493 e. The summed E-state index contributed by atoms with van der Waals surface area (Å²) in [6.07, 6.45) is 0.00673.